The minimum Gasteiger partial charge on any atom is -0.490 e. The molecule has 14 heteroatoms. The summed E-state index contributed by atoms with van der Waals surface area (Å²) in [6.07, 6.45) is -1.38. The number of hydrogen-bond donors (Lipinski definition) is 2. The monoisotopic (exact) mass is 720 g/mol. The molecule has 0 spiro atoms. The fourth-order valence-corrected chi connectivity index (χ4v) is 5.65. The third kappa shape index (κ3) is 13.9. The SMILES string of the molecule is Cn1c(-c2ccc(OC[C@@H](O)C(=O)OC(C)(C)C)cc2)cn(CC(CNC(=O)OC(C)(C)C)O[Si](C)(C)C(C)(C)C)c1=NC(=O)OC(C)(C)C. The lowest BCUT2D eigenvalue weighted by atomic mass is 10.1. The highest BCUT2D eigenvalue weighted by Crippen LogP contribution is 2.37. The first kappa shape index (κ1) is 42.5. The van der Waals surface area contributed by atoms with Crippen molar-refractivity contribution in [2.75, 3.05) is 13.2 Å². The normalized spacial score (nSPS) is 14.5. The van der Waals surface area contributed by atoms with E-state index in [4.69, 9.17) is 23.4 Å². The summed E-state index contributed by atoms with van der Waals surface area (Å²) in [6, 6.07) is 7.07. The van der Waals surface area contributed by atoms with Crippen molar-refractivity contribution in [1.29, 1.82) is 0 Å². The van der Waals surface area contributed by atoms with Crippen LogP contribution in [-0.2, 0) is 37.0 Å². The molecule has 0 aliphatic carbocycles. The molecule has 13 nitrogen and oxygen atoms in total. The number of imidazole rings is 1. The minimum atomic E-state index is -2.33. The molecule has 0 aliphatic rings. The maximum Gasteiger partial charge on any atom is 0.437 e. The van der Waals surface area contributed by atoms with Crippen molar-refractivity contribution < 1.29 is 42.9 Å². The third-order valence-electron chi connectivity index (χ3n) is 7.56. The maximum absolute atomic E-state index is 13.0. The molecule has 282 valence electrons. The van der Waals surface area contributed by atoms with Gasteiger partial charge in [-0.05, 0) is 110 Å². The second-order valence-electron chi connectivity index (χ2n) is 16.9. The Bertz CT molecular complexity index is 1530. The van der Waals surface area contributed by atoms with Crippen LogP contribution in [0.1, 0.15) is 83.1 Å². The molecule has 0 saturated heterocycles. The summed E-state index contributed by atoms with van der Waals surface area (Å²) in [5.41, 5.74) is -0.333. The molecule has 1 heterocycles. The molecule has 1 aromatic carbocycles. The van der Waals surface area contributed by atoms with Crippen molar-refractivity contribution in [1.82, 2.24) is 14.5 Å². The Labute approximate surface area is 298 Å². The summed E-state index contributed by atoms with van der Waals surface area (Å²) in [6.45, 7) is 26.7. The first-order valence-corrected chi connectivity index (χ1v) is 19.8. The Balaban J connectivity index is 2.50. The number of rotatable bonds is 11. The van der Waals surface area contributed by atoms with Crippen LogP contribution < -0.4 is 15.7 Å². The highest BCUT2D eigenvalue weighted by atomic mass is 28.4. The van der Waals surface area contributed by atoms with Gasteiger partial charge in [-0.15, -0.1) is 4.99 Å². The van der Waals surface area contributed by atoms with E-state index in [2.05, 4.69) is 44.2 Å². The Hall–Kier alpha value is -3.62. The van der Waals surface area contributed by atoms with E-state index in [0.29, 0.717) is 11.4 Å². The van der Waals surface area contributed by atoms with Gasteiger partial charge in [-0.3, -0.25) is 0 Å². The Kier molecular flexibility index (Phi) is 13.7. The van der Waals surface area contributed by atoms with Gasteiger partial charge in [-0.1, -0.05) is 20.8 Å². The van der Waals surface area contributed by atoms with Crippen LogP contribution in [0.4, 0.5) is 9.59 Å². The Morgan fingerprint density at radius 1 is 0.860 bits per heavy atom. The fraction of sp³-hybridized carbons (Fsp3) is 0.667. The molecule has 1 unspecified atom stereocenters. The lowest BCUT2D eigenvalue weighted by Crippen LogP contribution is -2.49. The second-order valence-corrected chi connectivity index (χ2v) is 21.6. The van der Waals surface area contributed by atoms with Gasteiger partial charge in [-0.25, -0.2) is 14.4 Å². The molecule has 2 N–H and O–H groups in total. The van der Waals surface area contributed by atoms with E-state index in [9.17, 15) is 19.5 Å². The van der Waals surface area contributed by atoms with Crippen LogP contribution in [0, 0.1) is 0 Å². The van der Waals surface area contributed by atoms with Gasteiger partial charge in [0.2, 0.25) is 5.62 Å². The van der Waals surface area contributed by atoms with E-state index >= 15 is 0 Å². The summed E-state index contributed by atoms with van der Waals surface area (Å²) >= 11 is 0. The molecule has 0 fully saturated rings. The first-order valence-electron chi connectivity index (χ1n) is 16.9. The highest BCUT2D eigenvalue weighted by molar-refractivity contribution is 6.74. The molecular formula is C36H60N4O9Si. The van der Waals surface area contributed by atoms with E-state index in [1.54, 1.807) is 86.1 Å². The van der Waals surface area contributed by atoms with Gasteiger partial charge >= 0.3 is 18.2 Å². The van der Waals surface area contributed by atoms with E-state index in [0.717, 1.165) is 11.3 Å². The zero-order valence-electron chi connectivity index (χ0n) is 32.7. The number of amides is 2. The number of aliphatic hydroxyl groups excluding tert-OH is 1. The molecule has 0 bridgehead atoms. The Morgan fingerprint density at radius 2 is 1.40 bits per heavy atom. The van der Waals surface area contributed by atoms with Crippen molar-refractivity contribution in [3.05, 3.63) is 36.1 Å². The van der Waals surface area contributed by atoms with Crippen molar-refractivity contribution in [2.45, 2.75) is 137 Å². The van der Waals surface area contributed by atoms with Crippen LogP contribution in [0.5, 0.6) is 5.75 Å². The zero-order valence-corrected chi connectivity index (χ0v) is 33.7. The van der Waals surface area contributed by atoms with Gasteiger partial charge in [0.1, 0.15) is 29.2 Å². The fourth-order valence-electron chi connectivity index (χ4n) is 4.30. The molecule has 2 atom stereocenters. The zero-order chi connectivity index (χ0) is 38.5. The van der Waals surface area contributed by atoms with Crippen molar-refractivity contribution in [2.24, 2.45) is 12.0 Å². The quantitative estimate of drug-likeness (QED) is 0.154. The van der Waals surface area contributed by atoms with Crippen molar-refractivity contribution in [3.8, 4) is 17.0 Å². The van der Waals surface area contributed by atoms with Crippen molar-refractivity contribution >= 4 is 26.5 Å². The van der Waals surface area contributed by atoms with Crippen LogP contribution in [-0.4, -0.2) is 82.9 Å². The van der Waals surface area contributed by atoms with E-state index in [-0.39, 0.29) is 24.7 Å². The van der Waals surface area contributed by atoms with Crippen molar-refractivity contribution in [3.63, 3.8) is 0 Å². The summed E-state index contributed by atoms with van der Waals surface area (Å²) in [7, 11) is -0.538. The number of aromatic nitrogens is 2. The number of nitrogens with zero attached hydrogens (tertiary/aromatic N) is 3. The van der Waals surface area contributed by atoms with Gasteiger partial charge in [-0.2, -0.15) is 0 Å². The summed E-state index contributed by atoms with van der Waals surface area (Å²) in [5.74, 6) is -0.325. The molecule has 0 radical (unpaired) electrons. The minimum absolute atomic E-state index is 0.111. The number of benzene rings is 1. The molecule has 2 rings (SSSR count). The second kappa shape index (κ2) is 16.2. The summed E-state index contributed by atoms with van der Waals surface area (Å²) < 4.78 is 32.3. The van der Waals surface area contributed by atoms with Gasteiger partial charge in [0.15, 0.2) is 14.4 Å². The average Bonchev–Trinajstić information content (AvgIpc) is 3.21. The standard InChI is InChI=1S/C36H60N4O9Si/c1-33(2,3)46-29(42)28(41)23-45-25-18-16-24(17-19-25)27-22-40(30(39(27)13)38-32(44)48-35(7,8)9)21-26(49-50(14,15)36(10,11)12)20-37-31(43)47-34(4,5)6/h16-19,22,26,28,41H,20-21,23H2,1-15H3,(H,37,43)/t26?,28-/m1/s1. The van der Waals surface area contributed by atoms with E-state index in [1.165, 1.54) is 0 Å². The number of alkyl carbamates (subject to hydrolysis) is 1. The molecule has 0 aliphatic heterocycles. The lowest BCUT2D eigenvalue weighted by molar-refractivity contribution is -0.166. The van der Waals surface area contributed by atoms with Crippen LogP contribution in [0.2, 0.25) is 18.1 Å². The smallest absolute Gasteiger partial charge is 0.437 e. The highest BCUT2D eigenvalue weighted by Gasteiger charge is 2.39. The number of hydrogen-bond acceptors (Lipinski definition) is 9. The molecular weight excluding hydrogens is 661 g/mol. The molecule has 50 heavy (non-hydrogen) atoms. The summed E-state index contributed by atoms with van der Waals surface area (Å²) in [5, 5.41) is 12.9. The lowest BCUT2D eigenvalue weighted by Gasteiger charge is -2.39. The van der Waals surface area contributed by atoms with E-state index < -0.39 is 55.5 Å². The molecule has 2 amide bonds. The molecule has 1 aromatic heterocycles. The van der Waals surface area contributed by atoms with E-state index in [1.807, 2.05) is 22.9 Å². The van der Waals surface area contributed by atoms with Crippen LogP contribution in [0.15, 0.2) is 35.5 Å². The van der Waals surface area contributed by atoms with Crippen LogP contribution >= 0.6 is 0 Å². The number of carbonyl (C=O) groups is 3. The van der Waals surface area contributed by atoms with Gasteiger partial charge in [0, 0.05) is 19.8 Å². The van der Waals surface area contributed by atoms with Gasteiger partial charge < -0.3 is 42.9 Å². The number of aliphatic hydroxyl groups is 1. The van der Waals surface area contributed by atoms with Crippen LogP contribution in [0.25, 0.3) is 11.3 Å². The van der Waals surface area contributed by atoms with Crippen LogP contribution in [0.3, 0.4) is 0 Å². The Morgan fingerprint density at radius 3 is 1.90 bits per heavy atom. The predicted molar refractivity (Wildman–Crippen MR) is 194 cm³/mol. The number of ether oxygens (including phenoxy) is 4. The maximum atomic E-state index is 13.0. The molecule has 2 aromatic rings. The van der Waals surface area contributed by atoms with Gasteiger partial charge in [0.25, 0.3) is 0 Å². The first-order chi connectivity index (χ1) is 22.6. The topological polar surface area (TPSA) is 152 Å². The number of carbonyl (C=O) groups excluding carboxylic acids is 3. The largest absolute Gasteiger partial charge is 0.490 e. The predicted octanol–water partition coefficient (Wildman–Crippen LogP) is 6.33. The number of nitrogens with one attached hydrogen (secondary N) is 1. The summed E-state index contributed by atoms with van der Waals surface area (Å²) in [4.78, 5) is 42.1. The van der Waals surface area contributed by atoms with Gasteiger partial charge in [0.05, 0.1) is 18.3 Å². The third-order valence-corrected chi connectivity index (χ3v) is 12.1. The average molecular weight is 721 g/mol. The molecule has 0 saturated carbocycles. The number of esters is 1.